The number of amides is 1. The Labute approximate surface area is 203 Å². The summed E-state index contributed by atoms with van der Waals surface area (Å²) in [6.45, 7) is 3.83. The molecule has 2 N–H and O–H groups in total. The molecule has 3 aromatic heterocycles. The summed E-state index contributed by atoms with van der Waals surface area (Å²) in [5.41, 5.74) is 1.44. The molecule has 0 spiro atoms. The van der Waals surface area contributed by atoms with E-state index in [1.165, 1.54) is 0 Å². The van der Waals surface area contributed by atoms with Crippen LogP contribution in [0.4, 0.5) is 11.8 Å². The molecule has 182 valence electrons. The van der Waals surface area contributed by atoms with E-state index in [-0.39, 0.29) is 17.6 Å². The smallest absolute Gasteiger partial charge is 0.352 e. The summed E-state index contributed by atoms with van der Waals surface area (Å²) < 4.78 is 1.85. The summed E-state index contributed by atoms with van der Waals surface area (Å²) in [5, 5.41) is 13.5. The minimum atomic E-state index is -0.957. The molecular weight excluding hydrogens is 446 g/mol. The van der Waals surface area contributed by atoms with E-state index in [9.17, 15) is 14.7 Å². The molecule has 4 fully saturated rings. The standard InChI is InChI=1S/C25H29N7O3/c33-23(31-12-11-30-9-7-18(31)8-10-30)16-5-6-21(26-14-16)28-25-27-15-17-13-20(24(34)35)32(22(17)29-25)19-3-1-2-4-19/h5-6,13-15,18-19H,1-4,7-12H2,(H,34,35)(H,26,27,28,29). The van der Waals surface area contributed by atoms with Gasteiger partial charge in [0, 0.05) is 56.0 Å². The summed E-state index contributed by atoms with van der Waals surface area (Å²) in [7, 11) is 0. The number of aromatic carboxylic acids is 1. The van der Waals surface area contributed by atoms with E-state index in [0.29, 0.717) is 34.4 Å². The van der Waals surface area contributed by atoms with E-state index in [2.05, 4.69) is 25.2 Å². The van der Waals surface area contributed by atoms with Gasteiger partial charge >= 0.3 is 5.97 Å². The number of hydrogen-bond donors (Lipinski definition) is 2. The number of carboxylic acids is 1. The molecule has 35 heavy (non-hydrogen) atoms. The average molecular weight is 476 g/mol. The SMILES string of the molecule is O=C(O)c1cc2cnc(Nc3ccc(C(=O)N4CCN5CCC4CC5)cn3)nc2n1C1CCCC1. The molecule has 3 aromatic rings. The highest BCUT2D eigenvalue weighted by molar-refractivity contribution is 5.95. The third-order valence-corrected chi connectivity index (χ3v) is 7.65. The molecule has 6 heterocycles. The Hall–Kier alpha value is -3.53. The molecule has 0 unspecified atom stereocenters. The van der Waals surface area contributed by atoms with Crippen molar-refractivity contribution in [2.24, 2.45) is 0 Å². The van der Waals surface area contributed by atoms with Crippen molar-refractivity contribution < 1.29 is 14.7 Å². The first-order valence-electron chi connectivity index (χ1n) is 12.4. The first-order valence-corrected chi connectivity index (χ1v) is 12.4. The van der Waals surface area contributed by atoms with Crippen LogP contribution in [0.25, 0.3) is 11.0 Å². The first-order chi connectivity index (χ1) is 17.1. The molecule has 3 saturated heterocycles. The van der Waals surface area contributed by atoms with Crippen LogP contribution in [0.5, 0.6) is 0 Å². The van der Waals surface area contributed by atoms with Gasteiger partial charge in [0.2, 0.25) is 5.95 Å². The van der Waals surface area contributed by atoms with Crippen molar-refractivity contribution in [3.05, 3.63) is 41.9 Å². The topological polar surface area (TPSA) is 116 Å². The van der Waals surface area contributed by atoms with Gasteiger partial charge in [-0.15, -0.1) is 0 Å². The fourth-order valence-corrected chi connectivity index (χ4v) is 5.79. The summed E-state index contributed by atoms with van der Waals surface area (Å²) in [6.07, 6.45) is 9.38. The number of carbonyl (C=O) groups excluding carboxylic acids is 1. The van der Waals surface area contributed by atoms with Crippen LogP contribution < -0.4 is 5.32 Å². The molecule has 0 radical (unpaired) electrons. The largest absolute Gasteiger partial charge is 0.477 e. The average Bonchev–Trinajstić information content (AvgIpc) is 3.43. The van der Waals surface area contributed by atoms with Gasteiger partial charge < -0.3 is 24.8 Å². The molecule has 3 aliphatic heterocycles. The molecule has 10 heteroatoms. The van der Waals surface area contributed by atoms with Crippen molar-refractivity contribution >= 4 is 34.7 Å². The van der Waals surface area contributed by atoms with Crippen LogP contribution in [0.3, 0.4) is 0 Å². The van der Waals surface area contributed by atoms with Gasteiger partial charge in [0.15, 0.2) is 0 Å². The number of carboxylic acid groups (broad SMARTS) is 1. The number of carbonyl (C=O) groups is 2. The van der Waals surface area contributed by atoms with Crippen LogP contribution in [0.1, 0.15) is 65.4 Å². The predicted molar refractivity (Wildman–Crippen MR) is 130 cm³/mol. The zero-order valence-corrected chi connectivity index (χ0v) is 19.6. The molecule has 2 bridgehead atoms. The van der Waals surface area contributed by atoms with Gasteiger partial charge in [-0.1, -0.05) is 12.8 Å². The maximum Gasteiger partial charge on any atom is 0.352 e. The molecule has 4 aliphatic rings. The second-order valence-corrected chi connectivity index (χ2v) is 9.74. The van der Waals surface area contributed by atoms with Crippen LogP contribution in [0.2, 0.25) is 0 Å². The van der Waals surface area contributed by atoms with E-state index >= 15 is 0 Å². The van der Waals surface area contributed by atoms with Crippen LogP contribution in [-0.2, 0) is 0 Å². The third kappa shape index (κ3) is 4.12. The highest BCUT2D eigenvalue weighted by atomic mass is 16.4. The Morgan fingerprint density at radius 3 is 2.46 bits per heavy atom. The fourth-order valence-electron chi connectivity index (χ4n) is 5.79. The summed E-state index contributed by atoms with van der Waals surface area (Å²) in [5.74, 6) is -0.0507. The van der Waals surface area contributed by atoms with Crippen LogP contribution in [-0.4, -0.2) is 78.5 Å². The van der Waals surface area contributed by atoms with Gasteiger partial charge in [-0.3, -0.25) is 4.79 Å². The van der Waals surface area contributed by atoms with E-state index < -0.39 is 5.97 Å². The predicted octanol–water partition coefficient (Wildman–Crippen LogP) is 3.30. The van der Waals surface area contributed by atoms with Gasteiger partial charge in [0.25, 0.3) is 5.91 Å². The lowest BCUT2D eigenvalue weighted by atomic mass is 10.0. The van der Waals surface area contributed by atoms with Gasteiger partial charge in [-0.25, -0.2) is 14.8 Å². The maximum absolute atomic E-state index is 13.1. The minimum Gasteiger partial charge on any atom is -0.477 e. The monoisotopic (exact) mass is 475 g/mol. The number of anilines is 2. The summed E-state index contributed by atoms with van der Waals surface area (Å²) >= 11 is 0. The number of rotatable bonds is 5. The minimum absolute atomic E-state index is 0.0334. The zero-order valence-electron chi connectivity index (χ0n) is 19.6. The molecule has 7 rings (SSSR count). The number of aromatic nitrogens is 4. The molecular formula is C25H29N7O3. The van der Waals surface area contributed by atoms with Gasteiger partial charge in [0.1, 0.15) is 17.2 Å². The van der Waals surface area contributed by atoms with Gasteiger partial charge in [-0.05, 0) is 43.9 Å². The quantitative estimate of drug-likeness (QED) is 0.577. The Bertz CT molecular complexity index is 1260. The first kappa shape index (κ1) is 22.0. The highest BCUT2D eigenvalue weighted by Gasteiger charge is 2.32. The number of fused-ring (bicyclic) bond motifs is 5. The van der Waals surface area contributed by atoms with E-state index in [4.69, 9.17) is 0 Å². The Morgan fingerprint density at radius 1 is 0.943 bits per heavy atom. The Kier molecular flexibility index (Phi) is 5.60. The van der Waals surface area contributed by atoms with Crippen molar-refractivity contribution in [1.82, 2.24) is 29.3 Å². The van der Waals surface area contributed by atoms with Gasteiger partial charge in [0.05, 0.1) is 5.56 Å². The van der Waals surface area contributed by atoms with Crippen LogP contribution >= 0.6 is 0 Å². The molecule has 1 saturated carbocycles. The Balaban J connectivity index is 1.22. The van der Waals surface area contributed by atoms with E-state index in [1.807, 2.05) is 9.47 Å². The number of nitrogens with zero attached hydrogens (tertiary/aromatic N) is 6. The lowest BCUT2D eigenvalue weighted by Gasteiger charge is -2.31. The number of pyridine rings is 1. The summed E-state index contributed by atoms with van der Waals surface area (Å²) in [6, 6.07) is 5.64. The highest BCUT2D eigenvalue weighted by Crippen LogP contribution is 2.34. The second-order valence-electron chi connectivity index (χ2n) is 9.74. The van der Waals surface area contributed by atoms with Crippen molar-refractivity contribution in [1.29, 1.82) is 0 Å². The van der Waals surface area contributed by atoms with Crippen molar-refractivity contribution in [2.45, 2.75) is 50.6 Å². The van der Waals surface area contributed by atoms with Crippen LogP contribution in [0.15, 0.2) is 30.6 Å². The normalized spacial score (nSPS) is 22.5. The molecule has 0 aromatic carbocycles. The fraction of sp³-hybridized carbons (Fsp3) is 0.480. The lowest BCUT2D eigenvalue weighted by Crippen LogP contribution is -2.41. The van der Waals surface area contributed by atoms with E-state index in [0.717, 1.165) is 64.7 Å². The van der Waals surface area contributed by atoms with E-state index in [1.54, 1.807) is 30.6 Å². The van der Waals surface area contributed by atoms with Gasteiger partial charge in [-0.2, -0.15) is 4.98 Å². The maximum atomic E-state index is 13.1. The lowest BCUT2D eigenvalue weighted by molar-refractivity contribution is 0.0674. The summed E-state index contributed by atoms with van der Waals surface area (Å²) in [4.78, 5) is 42.9. The molecule has 1 amide bonds. The Morgan fingerprint density at radius 2 is 1.74 bits per heavy atom. The number of hydrogen-bond acceptors (Lipinski definition) is 7. The van der Waals surface area contributed by atoms with Crippen LogP contribution in [0, 0.1) is 0 Å². The van der Waals surface area contributed by atoms with Crippen molar-refractivity contribution in [3.63, 3.8) is 0 Å². The second kappa shape index (κ2) is 8.92. The molecule has 0 atom stereocenters. The zero-order chi connectivity index (χ0) is 23.9. The number of piperidine rings is 1. The van der Waals surface area contributed by atoms with Crippen molar-refractivity contribution in [3.8, 4) is 0 Å². The molecule has 1 aliphatic carbocycles. The third-order valence-electron chi connectivity index (χ3n) is 7.65. The molecule has 10 nitrogen and oxygen atoms in total. The number of nitrogens with one attached hydrogen (secondary N) is 1. The van der Waals surface area contributed by atoms with Crippen molar-refractivity contribution in [2.75, 3.05) is 31.5 Å².